The van der Waals surface area contributed by atoms with Crippen LogP contribution >= 0.6 is 0 Å². The molecule has 2 N–H and O–H groups in total. The maximum atomic E-state index is 11.3. The van der Waals surface area contributed by atoms with Crippen LogP contribution in [0.4, 0.5) is 11.4 Å². The van der Waals surface area contributed by atoms with Crippen LogP contribution in [0.15, 0.2) is 18.2 Å². The van der Waals surface area contributed by atoms with Crippen molar-refractivity contribution in [1.29, 1.82) is 0 Å². The topological polar surface area (TPSA) is 81.6 Å². The quantitative estimate of drug-likeness (QED) is 0.660. The van der Waals surface area contributed by atoms with Crippen LogP contribution in [0, 0.1) is 16.0 Å². The molecule has 0 bridgehead atoms. The highest BCUT2D eigenvalue weighted by atomic mass is 16.6. The molecule has 6 heteroatoms. The van der Waals surface area contributed by atoms with E-state index in [1.807, 2.05) is 11.9 Å². The molecule has 2 atom stereocenters. The Kier molecular flexibility index (Phi) is 4.44. The number of nitrogens with zero attached hydrogens (tertiary/aromatic N) is 2. The van der Waals surface area contributed by atoms with Crippen LogP contribution in [-0.2, 0) is 0 Å². The third-order valence-electron chi connectivity index (χ3n) is 4.18. The van der Waals surface area contributed by atoms with Crippen LogP contribution in [0.2, 0.25) is 0 Å². The minimum Gasteiger partial charge on any atom is -0.490 e. The lowest BCUT2D eigenvalue weighted by Gasteiger charge is -2.30. The van der Waals surface area contributed by atoms with Crippen molar-refractivity contribution in [2.75, 3.05) is 25.6 Å². The molecule has 20 heavy (non-hydrogen) atoms. The summed E-state index contributed by atoms with van der Waals surface area (Å²) >= 11 is 0. The minimum absolute atomic E-state index is 0.0279. The SMILES string of the molecule is COc1cccc(N(C)C2CCCC2CN)c1[N+](=O)[O-]. The summed E-state index contributed by atoms with van der Waals surface area (Å²) in [5, 5.41) is 11.3. The fourth-order valence-electron chi connectivity index (χ4n) is 3.12. The van der Waals surface area contributed by atoms with Gasteiger partial charge in [-0.25, -0.2) is 0 Å². The predicted octanol–water partition coefficient (Wildman–Crippen LogP) is 2.17. The van der Waals surface area contributed by atoms with E-state index in [4.69, 9.17) is 10.5 Å². The summed E-state index contributed by atoms with van der Waals surface area (Å²) in [5.41, 5.74) is 6.43. The fourth-order valence-corrected chi connectivity index (χ4v) is 3.12. The standard InChI is InChI=1S/C14H21N3O3/c1-16(11-6-3-5-10(11)9-15)12-7-4-8-13(20-2)14(12)17(18)19/h4,7-8,10-11H,3,5-6,9,15H2,1-2H3. The van der Waals surface area contributed by atoms with Crippen LogP contribution < -0.4 is 15.4 Å². The second-order valence-electron chi connectivity index (χ2n) is 5.19. The smallest absolute Gasteiger partial charge is 0.333 e. The van der Waals surface area contributed by atoms with E-state index in [1.54, 1.807) is 18.2 Å². The van der Waals surface area contributed by atoms with Gasteiger partial charge in [-0.3, -0.25) is 10.1 Å². The number of nitrogens with two attached hydrogens (primary N) is 1. The second kappa shape index (κ2) is 6.09. The van der Waals surface area contributed by atoms with E-state index in [1.165, 1.54) is 7.11 Å². The number of anilines is 1. The normalized spacial score (nSPS) is 21.8. The van der Waals surface area contributed by atoms with E-state index in [9.17, 15) is 10.1 Å². The van der Waals surface area contributed by atoms with Gasteiger partial charge in [0.2, 0.25) is 0 Å². The molecule has 6 nitrogen and oxygen atoms in total. The van der Waals surface area contributed by atoms with Crippen LogP contribution in [-0.4, -0.2) is 31.7 Å². The van der Waals surface area contributed by atoms with E-state index >= 15 is 0 Å². The van der Waals surface area contributed by atoms with Gasteiger partial charge in [-0.05, 0) is 37.4 Å². The number of hydrogen-bond acceptors (Lipinski definition) is 5. The zero-order valence-corrected chi connectivity index (χ0v) is 11.9. The highest BCUT2D eigenvalue weighted by molar-refractivity contribution is 5.70. The number of ether oxygens (including phenoxy) is 1. The summed E-state index contributed by atoms with van der Waals surface area (Å²) in [6, 6.07) is 5.42. The molecule has 1 saturated carbocycles. The monoisotopic (exact) mass is 279 g/mol. The first kappa shape index (κ1) is 14.6. The van der Waals surface area contributed by atoms with Crippen molar-refractivity contribution in [1.82, 2.24) is 0 Å². The Labute approximate surface area is 118 Å². The molecule has 0 aromatic heterocycles. The van der Waals surface area contributed by atoms with Gasteiger partial charge in [-0.1, -0.05) is 12.5 Å². The van der Waals surface area contributed by atoms with Crippen LogP contribution in [0.3, 0.4) is 0 Å². The first-order chi connectivity index (χ1) is 9.60. The second-order valence-corrected chi connectivity index (χ2v) is 5.19. The van der Waals surface area contributed by atoms with E-state index < -0.39 is 0 Å². The molecule has 1 aromatic carbocycles. The molecule has 0 aliphatic heterocycles. The van der Waals surface area contributed by atoms with Gasteiger partial charge in [0.15, 0.2) is 5.75 Å². The van der Waals surface area contributed by atoms with Gasteiger partial charge in [0.05, 0.1) is 12.0 Å². The van der Waals surface area contributed by atoms with E-state index in [0.29, 0.717) is 23.9 Å². The number of nitro benzene ring substituents is 1. The van der Waals surface area contributed by atoms with Crippen molar-refractivity contribution >= 4 is 11.4 Å². The number of methoxy groups -OCH3 is 1. The van der Waals surface area contributed by atoms with Crippen molar-refractivity contribution in [3.05, 3.63) is 28.3 Å². The average Bonchev–Trinajstić information content (AvgIpc) is 2.93. The molecule has 1 aliphatic rings. The molecular weight excluding hydrogens is 258 g/mol. The molecule has 110 valence electrons. The first-order valence-electron chi connectivity index (χ1n) is 6.84. The molecular formula is C14H21N3O3. The molecule has 0 spiro atoms. The van der Waals surface area contributed by atoms with Gasteiger partial charge < -0.3 is 15.4 Å². The van der Waals surface area contributed by atoms with E-state index in [2.05, 4.69) is 0 Å². The van der Waals surface area contributed by atoms with Crippen molar-refractivity contribution in [2.45, 2.75) is 25.3 Å². The highest BCUT2D eigenvalue weighted by Gasteiger charge is 2.33. The Hall–Kier alpha value is -1.82. The average molecular weight is 279 g/mol. The summed E-state index contributed by atoms with van der Waals surface area (Å²) in [7, 11) is 3.35. The van der Waals surface area contributed by atoms with Crippen LogP contribution in [0.1, 0.15) is 19.3 Å². The van der Waals surface area contributed by atoms with E-state index in [0.717, 1.165) is 19.3 Å². The van der Waals surface area contributed by atoms with Gasteiger partial charge >= 0.3 is 5.69 Å². The number of para-hydroxylation sites is 1. The number of rotatable bonds is 5. The Balaban J connectivity index is 2.39. The number of benzene rings is 1. The minimum atomic E-state index is -0.378. The first-order valence-corrected chi connectivity index (χ1v) is 6.84. The Morgan fingerprint density at radius 1 is 1.50 bits per heavy atom. The third kappa shape index (κ3) is 2.56. The molecule has 0 saturated heterocycles. The summed E-state index contributed by atoms with van der Waals surface area (Å²) in [4.78, 5) is 13.0. The molecule has 1 aliphatic carbocycles. The maximum Gasteiger partial charge on any atom is 0.333 e. The van der Waals surface area contributed by atoms with Gasteiger partial charge in [-0.15, -0.1) is 0 Å². The lowest BCUT2D eigenvalue weighted by Crippen LogP contribution is -2.38. The predicted molar refractivity (Wildman–Crippen MR) is 78.2 cm³/mol. The molecule has 0 radical (unpaired) electrons. The van der Waals surface area contributed by atoms with Crippen LogP contribution in [0.5, 0.6) is 5.75 Å². The van der Waals surface area contributed by atoms with Gasteiger partial charge in [0, 0.05) is 13.1 Å². The van der Waals surface area contributed by atoms with Crippen molar-refractivity contribution < 1.29 is 9.66 Å². The van der Waals surface area contributed by atoms with E-state index in [-0.39, 0.29) is 16.7 Å². The Bertz CT molecular complexity index is 493. The summed E-state index contributed by atoms with van der Waals surface area (Å²) in [5.74, 6) is 0.687. The summed E-state index contributed by atoms with van der Waals surface area (Å²) in [6.45, 7) is 0.618. The van der Waals surface area contributed by atoms with Gasteiger partial charge in [-0.2, -0.15) is 0 Å². The van der Waals surface area contributed by atoms with Crippen molar-refractivity contribution in [3.8, 4) is 5.75 Å². The van der Waals surface area contributed by atoms with Gasteiger partial charge in [0.25, 0.3) is 0 Å². The Morgan fingerprint density at radius 3 is 2.85 bits per heavy atom. The number of hydrogen-bond donors (Lipinski definition) is 1. The van der Waals surface area contributed by atoms with Crippen LogP contribution in [0.25, 0.3) is 0 Å². The molecule has 0 heterocycles. The largest absolute Gasteiger partial charge is 0.490 e. The van der Waals surface area contributed by atoms with Crippen molar-refractivity contribution in [2.24, 2.45) is 11.7 Å². The third-order valence-corrected chi connectivity index (χ3v) is 4.18. The maximum absolute atomic E-state index is 11.3. The lowest BCUT2D eigenvalue weighted by molar-refractivity contribution is -0.385. The fraction of sp³-hybridized carbons (Fsp3) is 0.571. The lowest BCUT2D eigenvalue weighted by atomic mass is 10.0. The zero-order chi connectivity index (χ0) is 14.7. The van der Waals surface area contributed by atoms with Gasteiger partial charge in [0.1, 0.15) is 5.69 Å². The summed E-state index contributed by atoms with van der Waals surface area (Å²) in [6.07, 6.45) is 3.23. The number of nitro groups is 1. The molecule has 2 rings (SSSR count). The molecule has 1 aromatic rings. The molecule has 2 unspecified atom stereocenters. The highest BCUT2D eigenvalue weighted by Crippen LogP contribution is 2.40. The summed E-state index contributed by atoms with van der Waals surface area (Å²) < 4.78 is 5.12. The Morgan fingerprint density at radius 2 is 2.25 bits per heavy atom. The molecule has 1 fully saturated rings. The zero-order valence-electron chi connectivity index (χ0n) is 11.9. The molecule has 0 amide bonds. The van der Waals surface area contributed by atoms with Crippen molar-refractivity contribution in [3.63, 3.8) is 0 Å².